The lowest BCUT2D eigenvalue weighted by molar-refractivity contribution is -0.128. The predicted octanol–water partition coefficient (Wildman–Crippen LogP) is 5.22. The van der Waals surface area contributed by atoms with Gasteiger partial charge in [-0.1, -0.05) is 53.2 Å². The summed E-state index contributed by atoms with van der Waals surface area (Å²) in [7, 11) is 1.57. The molecule has 0 aromatic heterocycles. The Morgan fingerprint density at radius 3 is 2.55 bits per heavy atom. The van der Waals surface area contributed by atoms with Gasteiger partial charge in [0.1, 0.15) is 5.25 Å². The van der Waals surface area contributed by atoms with Crippen molar-refractivity contribution < 1.29 is 14.3 Å². The van der Waals surface area contributed by atoms with Crippen LogP contribution in [0, 0.1) is 13.8 Å². The number of nitrogens with zero attached hydrogens (tertiary/aromatic N) is 2. The molecule has 3 rings (SSSR count). The number of amidine groups is 1. The second kappa shape index (κ2) is 10.5. The van der Waals surface area contributed by atoms with Crippen molar-refractivity contribution in [1.29, 1.82) is 0 Å². The molecule has 1 N–H and O–H groups in total. The molecule has 2 aromatic carbocycles. The molecule has 1 saturated heterocycles. The molecule has 0 saturated carbocycles. The zero-order valence-electron chi connectivity index (χ0n) is 17.4. The SMILES string of the molecule is COCCN1C(=O)C(CC(=O)Nc2c(C)cccc2C)SC1=Nc1ccc(Cl)c(Cl)c1. The number of ether oxygens (including phenoxy) is 1. The topological polar surface area (TPSA) is 71.0 Å². The van der Waals surface area contributed by atoms with Gasteiger partial charge in [0.05, 0.1) is 28.9 Å². The minimum Gasteiger partial charge on any atom is -0.383 e. The zero-order chi connectivity index (χ0) is 22.5. The Balaban J connectivity index is 1.78. The first-order valence-corrected chi connectivity index (χ1v) is 11.3. The number of methoxy groups -OCH3 is 1. The molecule has 6 nitrogen and oxygen atoms in total. The van der Waals surface area contributed by atoms with Crippen molar-refractivity contribution >= 4 is 63.3 Å². The third-order valence-electron chi connectivity index (χ3n) is 4.78. The molecule has 9 heteroatoms. The van der Waals surface area contributed by atoms with Crippen LogP contribution in [0.3, 0.4) is 0 Å². The van der Waals surface area contributed by atoms with E-state index in [9.17, 15) is 9.59 Å². The highest BCUT2D eigenvalue weighted by atomic mass is 35.5. The number of carbonyl (C=O) groups excluding carboxylic acids is 2. The fraction of sp³-hybridized carbons (Fsp3) is 0.318. The van der Waals surface area contributed by atoms with Gasteiger partial charge in [-0.25, -0.2) is 4.99 Å². The van der Waals surface area contributed by atoms with E-state index in [-0.39, 0.29) is 18.2 Å². The van der Waals surface area contributed by atoms with Gasteiger partial charge < -0.3 is 10.1 Å². The summed E-state index contributed by atoms with van der Waals surface area (Å²) >= 11 is 13.3. The number of amides is 2. The lowest BCUT2D eigenvalue weighted by Gasteiger charge is -2.16. The summed E-state index contributed by atoms with van der Waals surface area (Å²) in [5.41, 5.74) is 3.31. The van der Waals surface area contributed by atoms with E-state index in [1.54, 1.807) is 30.2 Å². The second-order valence-corrected chi connectivity index (χ2v) is 9.09. The Kier molecular flexibility index (Phi) is 8.00. The third-order valence-corrected chi connectivity index (χ3v) is 6.70. The van der Waals surface area contributed by atoms with E-state index in [0.717, 1.165) is 16.8 Å². The van der Waals surface area contributed by atoms with Gasteiger partial charge in [0, 0.05) is 19.2 Å². The first kappa shape index (κ1) is 23.6. The van der Waals surface area contributed by atoms with Crippen molar-refractivity contribution in [3.8, 4) is 0 Å². The Labute approximate surface area is 196 Å². The summed E-state index contributed by atoms with van der Waals surface area (Å²) in [6.45, 7) is 4.57. The maximum absolute atomic E-state index is 13.0. The van der Waals surface area contributed by atoms with Crippen LogP contribution in [0.5, 0.6) is 0 Å². The number of rotatable bonds is 7. The van der Waals surface area contributed by atoms with E-state index in [0.29, 0.717) is 34.1 Å². The largest absolute Gasteiger partial charge is 0.383 e. The van der Waals surface area contributed by atoms with Gasteiger partial charge in [0.15, 0.2) is 5.17 Å². The van der Waals surface area contributed by atoms with E-state index in [2.05, 4.69) is 10.3 Å². The summed E-state index contributed by atoms with van der Waals surface area (Å²) in [6.07, 6.45) is 0.0428. The predicted molar refractivity (Wildman–Crippen MR) is 128 cm³/mol. The Bertz CT molecular complexity index is 1010. The fourth-order valence-corrected chi connectivity index (χ4v) is 4.63. The van der Waals surface area contributed by atoms with E-state index in [1.165, 1.54) is 11.8 Å². The maximum Gasteiger partial charge on any atom is 0.242 e. The maximum atomic E-state index is 13.0. The third kappa shape index (κ3) is 5.80. The van der Waals surface area contributed by atoms with Crippen LogP contribution in [-0.2, 0) is 14.3 Å². The molecule has 1 aliphatic rings. The summed E-state index contributed by atoms with van der Waals surface area (Å²) in [4.78, 5) is 31.8. The van der Waals surface area contributed by atoms with Gasteiger partial charge in [0.2, 0.25) is 11.8 Å². The smallest absolute Gasteiger partial charge is 0.242 e. The number of benzene rings is 2. The van der Waals surface area contributed by atoms with Gasteiger partial charge in [-0.2, -0.15) is 0 Å². The van der Waals surface area contributed by atoms with Crippen molar-refractivity contribution in [2.24, 2.45) is 4.99 Å². The number of carbonyl (C=O) groups is 2. The van der Waals surface area contributed by atoms with Crippen LogP contribution in [-0.4, -0.2) is 47.4 Å². The van der Waals surface area contributed by atoms with E-state index in [1.807, 2.05) is 32.0 Å². The first-order valence-electron chi connectivity index (χ1n) is 9.67. The van der Waals surface area contributed by atoms with E-state index < -0.39 is 5.25 Å². The number of nitrogens with one attached hydrogen (secondary N) is 1. The number of anilines is 1. The number of halogens is 2. The van der Waals surface area contributed by atoms with Gasteiger partial charge in [0.25, 0.3) is 0 Å². The van der Waals surface area contributed by atoms with E-state index in [4.69, 9.17) is 27.9 Å². The molecule has 31 heavy (non-hydrogen) atoms. The summed E-state index contributed by atoms with van der Waals surface area (Å²) in [5, 5.41) is 3.69. The van der Waals surface area contributed by atoms with Crippen LogP contribution < -0.4 is 5.32 Å². The molecule has 0 radical (unpaired) electrons. The summed E-state index contributed by atoms with van der Waals surface area (Å²) < 4.78 is 5.13. The summed E-state index contributed by atoms with van der Waals surface area (Å²) in [6, 6.07) is 10.8. The molecule has 1 heterocycles. The number of aliphatic imine (C=N–C) groups is 1. The van der Waals surface area contributed by atoms with Crippen molar-refractivity contribution in [3.63, 3.8) is 0 Å². The van der Waals surface area contributed by atoms with Crippen molar-refractivity contribution in [2.75, 3.05) is 25.6 Å². The number of hydrogen-bond acceptors (Lipinski definition) is 5. The number of aryl methyl sites for hydroxylation is 2. The molecule has 0 aliphatic carbocycles. The standard InChI is InChI=1S/C22H23Cl2N3O3S/c1-13-5-4-6-14(2)20(13)26-19(28)12-18-21(29)27(9-10-30-3)22(31-18)25-15-7-8-16(23)17(24)11-15/h4-8,11,18H,9-10,12H2,1-3H3,(H,26,28). The Morgan fingerprint density at radius 2 is 1.90 bits per heavy atom. The molecule has 164 valence electrons. The van der Waals surface area contributed by atoms with Crippen molar-refractivity contribution in [2.45, 2.75) is 25.5 Å². The van der Waals surface area contributed by atoms with E-state index >= 15 is 0 Å². The molecule has 2 aromatic rings. The molecule has 2 amide bonds. The van der Waals surface area contributed by atoms with Gasteiger partial charge in [-0.15, -0.1) is 0 Å². The number of hydrogen-bond donors (Lipinski definition) is 1. The zero-order valence-corrected chi connectivity index (χ0v) is 19.8. The molecule has 1 aliphatic heterocycles. The number of thioether (sulfide) groups is 1. The fourth-order valence-electron chi connectivity index (χ4n) is 3.15. The number of para-hydroxylation sites is 1. The van der Waals surface area contributed by atoms with Crippen LogP contribution in [0.4, 0.5) is 11.4 Å². The van der Waals surface area contributed by atoms with Crippen molar-refractivity contribution in [3.05, 3.63) is 57.6 Å². The minimum atomic E-state index is -0.567. The quantitative estimate of drug-likeness (QED) is 0.590. The first-order chi connectivity index (χ1) is 14.8. The average molecular weight is 480 g/mol. The minimum absolute atomic E-state index is 0.0428. The molecule has 0 spiro atoms. The summed E-state index contributed by atoms with van der Waals surface area (Å²) in [5.74, 6) is -0.386. The monoisotopic (exact) mass is 479 g/mol. The van der Waals surface area contributed by atoms with Crippen LogP contribution in [0.25, 0.3) is 0 Å². The molecule has 1 unspecified atom stereocenters. The van der Waals surface area contributed by atoms with Gasteiger partial charge in [-0.3, -0.25) is 14.5 Å². The van der Waals surface area contributed by atoms with Crippen LogP contribution in [0.1, 0.15) is 17.5 Å². The molecule has 1 fully saturated rings. The Hall–Kier alpha value is -2.06. The lowest BCUT2D eigenvalue weighted by Crippen LogP contribution is -2.35. The highest BCUT2D eigenvalue weighted by Gasteiger charge is 2.39. The highest BCUT2D eigenvalue weighted by Crippen LogP contribution is 2.33. The highest BCUT2D eigenvalue weighted by molar-refractivity contribution is 8.15. The Morgan fingerprint density at radius 1 is 1.19 bits per heavy atom. The molecular formula is C22H23Cl2N3O3S. The molecule has 1 atom stereocenters. The van der Waals surface area contributed by atoms with Gasteiger partial charge >= 0.3 is 0 Å². The normalized spacial score (nSPS) is 17.5. The van der Waals surface area contributed by atoms with Gasteiger partial charge in [-0.05, 0) is 43.2 Å². The second-order valence-electron chi connectivity index (χ2n) is 7.10. The molecule has 0 bridgehead atoms. The van der Waals surface area contributed by atoms with Crippen LogP contribution in [0.2, 0.25) is 10.0 Å². The van der Waals surface area contributed by atoms with Crippen LogP contribution >= 0.6 is 35.0 Å². The van der Waals surface area contributed by atoms with Crippen molar-refractivity contribution in [1.82, 2.24) is 4.90 Å². The lowest BCUT2D eigenvalue weighted by atomic mass is 10.1. The molecular weight excluding hydrogens is 457 g/mol. The average Bonchev–Trinajstić information content (AvgIpc) is 3.00. The van der Waals surface area contributed by atoms with Crippen LogP contribution in [0.15, 0.2) is 41.4 Å².